The molecule has 1 fully saturated rings. The van der Waals surface area contributed by atoms with E-state index in [0.717, 1.165) is 12.8 Å². The number of nitrogens with one attached hydrogen (secondary N) is 2. The second kappa shape index (κ2) is 6.06. The maximum Gasteiger partial charge on any atom is 0.321 e. The van der Waals surface area contributed by atoms with Crippen LogP contribution in [0.15, 0.2) is 0 Å². The molecule has 0 atom stereocenters. The van der Waals surface area contributed by atoms with E-state index in [9.17, 15) is 14.7 Å². The van der Waals surface area contributed by atoms with E-state index in [0.29, 0.717) is 18.8 Å². The van der Waals surface area contributed by atoms with E-state index < -0.39 is 17.4 Å². The van der Waals surface area contributed by atoms with Crippen LogP contribution in [0.4, 0.5) is 10.7 Å². The van der Waals surface area contributed by atoms with Crippen LogP contribution < -0.4 is 10.6 Å². The first-order chi connectivity index (χ1) is 9.91. The van der Waals surface area contributed by atoms with Gasteiger partial charge in [0.25, 0.3) is 5.95 Å². The molecule has 1 saturated carbocycles. The number of hydrogen-bond acceptors (Lipinski definition) is 5. The molecule has 9 heteroatoms. The standard InChI is InChI=1S/C12H20N6O3/c1-8-3-5-12(6-4-8,9(19)20)7-13-11(21)14-10-15-17-18(2)16-10/h8H,3-7H2,1-2H3,(H,19,20)(H2,13,14,16,21). The zero-order valence-electron chi connectivity index (χ0n) is 12.2. The number of carbonyl (C=O) groups is 2. The second-order valence-electron chi connectivity index (χ2n) is 5.68. The Bertz CT molecular complexity index is 521. The van der Waals surface area contributed by atoms with Gasteiger partial charge in [-0.3, -0.25) is 10.1 Å². The van der Waals surface area contributed by atoms with Crippen molar-refractivity contribution >= 4 is 17.9 Å². The summed E-state index contributed by atoms with van der Waals surface area (Å²) in [6, 6.07) is -0.526. The highest BCUT2D eigenvalue weighted by atomic mass is 16.4. The van der Waals surface area contributed by atoms with Crippen LogP contribution in [0, 0.1) is 11.3 Å². The number of nitrogens with zero attached hydrogens (tertiary/aromatic N) is 4. The average molecular weight is 296 g/mol. The molecule has 0 radical (unpaired) electrons. The molecule has 1 aromatic heterocycles. The number of tetrazole rings is 1. The van der Waals surface area contributed by atoms with Crippen molar-refractivity contribution in [3.8, 4) is 0 Å². The minimum atomic E-state index is -0.875. The van der Waals surface area contributed by atoms with Crippen LogP contribution in [0.1, 0.15) is 32.6 Å². The molecular weight excluding hydrogens is 276 g/mol. The predicted octanol–water partition coefficient (Wildman–Crippen LogP) is 0.613. The lowest BCUT2D eigenvalue weighted by Crippen LogP contribution is -2.46. The Morgan fingerprint density at radius 1 is 1.43 bits per heavy atom. The number of rotatable bonds is 4. The quantitative estimate of drug-likeness (QED) is 0.748. The summed E-state index contributed by atoms with van der Waals surface area (Å²) >= 11 is 0. The summed E-state index contributed by atoms with van der Waals surface area (Å²) in [5.74, 6) is -0.237. The van der Waals surface area contributed by atoms with Gasteiger partial charge in [0, 0.05) is 6.54 Å². The molecule has 0 aliphatic heterocycles. The van der Waals surface area contributed by atoms with Gasteiger partial charge in [-0.1, -0.05) is 12.0 Å². The first-order valence-corrected chi connectivity index (χ1v) is 6.93. The highest BCUT2D eigenvalue weighted by Crippen LogP contribution is 2.38. The van der Waals surface area contributed by atoms with E-state index in [1.54, 1.807) is 7.05 Å². The number of carboxylic acid groups (broad SMARTS) is 1. The highest BCUT2D eigenvalue weighted by molar-refractivity contribution is 5.87. The van der Waals surface area contributed by atoms with Gasteiger partial charge in [0.2, 0.25) is 0 Å². The molecule has 0 spiro atoms. The van der Waals surface area contributed by atoms with Crippen molar-refractivity contribution < 1.29 is 14.7 Å². The Hall–Kier alpha value is -2.19. The minimum Gasteiger partial charge on any atom is -0.481 e. The van der Waals surface area contributed by atoms with Crippen molar-refractivity contribution in [2.45, 2.75) is 32.6 Å². The molecule has 2 amide bonds. The van der Waals surface area contributed by atoms with Gasteiger partial charge in [0.15, 0.2) is 0 Å². The number of amides is 2. The lowest BCUT2D eigenvalue weighted by atomic mass is 9.71. The summed E-state index contributed by atoms with van der Waals surface area (Å²) in [6.07, 6.45) is 2.88. The number of urea groups is 1. The van der Waals surface area contributed by atoms with E-state index in [1.165, 1.54) is 4.80 Å². The normalized spacial score (nSPS) is 25.3. The van der Waals surface area contributed by atoms with Crippen LogP contribution in [0.5, 0.6) is 0 Å². The number of anilines is 1. The fourth-order valence-corrected chi connectivity index (χ4v) is 2.51. The average Bonchev–Trinajstić information content (AvgIpc) is 2.83. The second-order valence-corrected chi connectivity index (χ2v) is 5.68. The fourth-order valence-electron chi connectivity index (χ4n) is 2.51. The van der Waals surface area contributed by atoms with Crippen molar-refractivity contribution in [3.63, 3.8) is 0 Å². The van der Waals surface area contributed by atoms with Gasteiger partial charge < -0.3 is 10.4 Å². The number of carbonyl (C=O) groups excluding carboxylic acids is 1. The molecule has 1 heterocycles. The first-order valence-electron chi connectivity index (χ1n) is 6.93. The van der Waals surface area contributed by atoms with E-state index in [1.807, 2.05) is 0 Å². The van der Waals surface area contributed by atoms with E-state index >= 15 is 0 Å². The van der Waals surface area contributed by atoms with Crippen LogP contribution in [-0.2, 0) is 11.8 Å². The summed E-state index contributed by atoms with van der Waals surface area (Å²) in [6.45, 7) is 2.22. The van der Waals surface area contributed by atoms with Gasteiger partial charge in [0.1, 0.15) is 0 Å². The molecule has 1 aromatic rings. The smallest absolute Gasteiger partial charge is 0.321 e. The molecule has 1 aliphatic rings. The Kier molecular flexibility index (Phi) is 4.39. The first kappa shape index (κ1) is 15.2. The number of carboxylic acids is 1. The summed E-state index contributed by atoms with van der Waals surface area (Å²) in [5, 5.41) is 25.5. The minimum absolute atomic E-state index is 0.0802. The van der Waals surface area contributed by atoms with E-state index in [-0.39, 0.29) is 12.5 Å². The van der Waals surface area contributed by atoms with Crippen LogP contribution >= 0.6 is 0 Å². The molecule has 9 nitrogen and oxygen atoms in total. The number of aliphatic carboxylic acids is 1. The summed E-state index contributed by atoms with van der Waals surface area (Å²) in [4.78, 5) is 24.5. The summed E-state index contributed by atoms with van der Waals surface area (Å²) in [7, 11) is 1.58. The van der Waals surface area contributed by atoms with Gasteiger partial charge in [-0.05, 0) is 36.8 Å². The maximum atomic E-state index is 11.8. The SMILES string of the molecule is CC1CCC(CNC(=O)Nc2nnn(C)n2)(C(=O)O)CC1. The number of aromatic nitrogens is 4. The number of aryl methyl sites for hydroxylation is 1. The fraction of sp³-hybridized carbons (Fsp3) is 0.750. The van der Waals surface area contributed by atoms with Gasteiger partial charge >= 0.3 is 12.0 Å². The van der Waals surface area contributed by atoms with E-state index in [4.69, 9.17) is 0 Å². The lowest BCUT2D eigenvalue weighted by molar-refractivity contribution is -0.151. The van der Waals surface area contributed by atoms with Crippen LogP contribution in [0.25, 0.3) is 0 Å². The molecule has 0 bridgehead atoms. The molecular formula is C12H20N6O3. The Morgan fingerprint density at radius 2 is 2.10 bits per heavy atom. The highest BCUT2D eigenvalue weighted by Gasteiger charge is 2.41. The Labute approximate surface area is 122 Å². The molecule has 116 valence electrons. The third-order valence-electron chi connectivity index (χ3n) is 4.01. The van der Waals surface area contributed by atoms with Gasteiger partial charge in [-0.25, -0.2) is 4.79 Å². The van der Waals surface area contributed by atoms with Gasteiger partial charge in [-0.15, -0.1) is 5.10 Å². The summed E-state index contributed by atoms with van der Waals surface area (Å²) < 4.78 is 0. The van der Waals surface area contributed by atoms with Crippen molar-refractivity contribution in [3.05, 3.63) is 0 Å². The van der Waals surface area contributed by atoms with Crippen LogP contribution in [-0.4, -0.2) is 43.9 Å². The van der Waals surface area contributed by atoms with E-state index in [2.05, 4.69) is 33.0 Å². The zero-order valence-corrected chi connectivity index (χ0v) is 12.2. The Morgan fingerprint density at radius 3 is 2.62 bits per heavy atom. The van der Waals surface area contributed by atoms with Gasteiger partial charge in [-0.2, -0.15) is 4.80 Å². The van der Waals surface area contributed by atoms with Crippen molar-refractivity contribution in [2.24, 2.45) is 18.4 Å². The molecule has 0 aromatic carbocycles. The van der Waals surface area contributed by atoms with Crippen LogP contribution in [0.2, 0.25) is 0 Å². The monoisotopic (exact) mass is 296 g/mol. The number of hydrogen-bond donors (Lipinski definition) is 3. The Balaban J connectivity index is 1.90. The topological polar surface area (TPSA) is 122 Å². The predicted molar refractivity (Wildman–Crippen MR) is 73.5 cm³/mol. The zero-order chi connectivity index (χ0) is 15.5. The molecule has 0 unspecified atom stereocenters. The molecule has 3 N–H and O–H groups in total. The van der Waals surface area contributed by atoms with Crippen molar-refractivity contribution in [2.75, 3.05) is 11.9 Å². The molecule has 0 saturated heterocycles. The maximum absolute atomic E-state index is 11.8. The lowest BCUT2D eigenvalue weighted by Gasteiger charge is -2.35. The summed E-state index contributed by atoms with van der Waals surface area (Å²) in [5.41, 5.74) is -0.875. The molecule has 21 heavy (non-hydrogen) atoms. The van der Waals surface area contributed by atoms with Crippen LogP contribution in [0.3, 0.4) is 0 Å². The van der Waals surface area contributed by atoms with Crippen molar-refractivity contribution in [1.82, 2.24) is 25.5 Å². The largest absolute Gasteiger partial charge is 0.481 e. The molecule has 2 rings (SSSR count). The third kappa shape index (κ3) is 3.67. The van der Waals surface area contributed by atoms with Crippen molar-refractivity contribution in [1.29, 1.82) is 0 Å². The van der Waals surface area contributed by atoms with Gasteiger partial charge in [0.05, 0.1) is 12.5 Å². The molecule has 1 aliphatic carbocycles. The third-order valence-corrected chi connectivity index (χ3v) is 4.01.